The molecular formula is C16H22ClN3O3. The van der Waals surface area contributed by atoms with E-state index in [1.807, 2.05) is 6.92 Å². The quantitative estimate of drug-likeness (QED) is 0.672. The molecule has 0 bridgehead atoms. The van der Waals surface area contributed by atoms with Crippen molar-refractivity contribution in [2.45, 2.75) is 33.2 Å². The molecule has 1 aliphatic rings. The van der Waals surface area contributed by atoms with Gasteiger partial charge in [0, 0.05) is 25.2 Å². The normalized spacial score (nSPS) is 23.3. The number of amides is 1. The van der Waals surface area contributed by atoms with Gasteiger partial charge < -0.3 is 5.32 Å². The number of likely N-dealkylation sites (tertiary alicyclic amines) is 1. The summed E-state index contributed by atoms with van der Waals surface area (Å²) >= 11 is 6.03. The minimum absolute atomic E-state index is 0.0995. The molecule has 6 nitrogen and oxygen atoms in total. The molecule has 1 saturated heterocycles. The van der Waals surface area contributed by atoms with E-state index in [4.69, 9.17) is 11.6 Å². The number of anilines is 1. The van der Waals surface area contributed by atoms with Gasteiger partial charge in [-0.05, 0) is 31.2 Å². The van der Waals surface area contributed by atoms with Crippen molar-refractivity contribution in [3.05, 3.63) is 33.3 Å². The summed E-state index contributed by atoms with van der Waals surface area (Å²) in [4.78, 5) is 25.0. The van der Waals surface area contributed by atoms with E-state index in [0.717, 1.165) is 13.1 Å². The lowest BCUT2D eigenvalue weighted by atomic mass is 9.91. The number of non-ortho nitro benzene ring substituents is 1. The molecule has 126 valence electrons. The van der Waals surface area contributed by atoms with Crippen LogP contribution in [0.5, 0.6) is 0 Å². The van der Waals surface area contributed by atoms with Gasteiger partial charge in [0.25, 0.3) is 5.69 Å². The van der Waals surface area contributed by atoms with E-state index in [9.17, 15) is 14.9 Å². The van der Waals surface area contributed by atoms with E-state index in [-0.39, 0.29) is 28.3 Å². The average molecular weight is 340 g/mol. The number of carbonyl (C=O) groups is 1. The summed E-state index contributed by atoms with van der Waals surface area (Å²) in [5.41, 5.74) is 0.174. The highest BCUT2D eigenvalue weighted by Gasteiger charge is 2.29. The predicted octanol–water partition coefficient (Wildman–Crippen LogP) is 3.55. The number of nitrogens with zero attached hydrogens (tertiary/aromatic N) is 2. The van der Waals surface area contributed by atoms with Crippen LogP contribution in [0.15, 0.2) is 18.2 Å². The monoisotopic (exact) mass is 339 g/mol. The van der Waals surface area contributed by atoms with Crippen molar-refractivity contribution in [1.29, 1.82) is 0 Å². The number of nitro benzene ring substituents is 1. The molecule has 23 heavy (non-hydrogen) atoms. The largest absolute Gasteiger partial charge is 0.323 e. The molecular weight excluding hydrogens is 318 g/mol. The third kappa shape index (κ3) is 4.42. The van der Waals surface area contributed by atoms with Crippen LogP contribution >= 0.6 is 11.6 Å². The number of nitro groups is 1. The van der Waals surface area contributed by atoms with Crippen LogP contribution in [0.25, 0.3) is 0 Å². The van der Waals surface area contributed by atoms with Crippen molar-refractivity contribution in [2.75, 3.05) is 18.4 Å². The van der Waals surface area contributed by atoms with Crippen LogP contribution in [0.2, 0.25) is 5.02 Å². The molecule has 1 N–H and O–H groups in total. The molecule has 3 atom stereocenters. The number of rotatable bonds is 4. The number of halogens is 1. The first kappa shape index (κ1) is 17.7. The Labute approximate surface area is 141 Å². The molecule has 7 heteroatoms. The Morgan fingerprint density at radius 2 is 2.00 bits per heavy atom. The molecule has 0 saturated carbocycles. The molecule has 1 heterocycles. The summed E-state index contributed by atoms with van der Waals surface area (Å²) in [5, 5.41) is 13.8. The second kappa shape index (κ2) is 7.27. The van der Waals surface area contributed by atoms with E-state index >= 15 is 0 Å². The topological polar surface area (TPSA) is 75.5 Å². The summed E-state index contributed by atoms with van der Waals surface area (Å²) in [5.74, 6) is 0.902. The maximum Gasteiger partial charge on any atom is 0.271 e. The van der Waals surface area contributed by atoms with Gasteiger partial charge in [-0.1, -0.05) is 25.4 Å². The van der Waals surface area contributed by atoms with E-state index in [0.29, 0.717) is 11.8 Å². The van der Waals surface area contributed by atoms with E-state index < -0.39 is 4.92 Å². The van der Waals surface area contributed by atoms with E-state index in [2.05, 4.69) is 24.1 Å². The van der Waals surface area contributed by atoms with E-state index in [1.165, 1.54) is 24.6 Å². The second-order valence-electron chi connectivity index (χ2n) is 6.49. The zero-order valence-electron chi connectivity index (χ0n) is 13.6. The standard InChI is InChI=1S/C16H22ClN3O3/c1-10-6-11(2)9-19(8-10)12(3)16(21)18-15-7-13(20(22)23)4-5-14(15)17/h4-5,7,10-12H,6,8-9H2,1-3H3,(H,18,21). The fourth-order valence-corrected chi connectivity index (χ4v) is 3.32. The number of carbonyl (C=O) groups excluding carboxylic acids is 1. The van der Waals surface area contributed by atoms with Gasteiger partial charge in [0.2, 0.25) is 5.91 Å². The molecule has 0 spiro atoms. The predicted molar refractivity (Wildman–Crippen MR) is 90.7 cm³/mol. The van der Waals surface area contributed by atoms with Gasteiger partial charge >= 0.3 is 0 Å². The van der Waals surface area contributed by atoms with Gasteiger partial charge in [0.15, 0.2) is 0 Å². The first-order chi connectivity index (χ1) is 10.8. The summed E-state index contributed by atoms with van der Waals surface area (Å²) in [7, 11) is 0. The van der Waals surface area contributed by atoms with Crippen molar-refractivity contribution in [1.82, 2.24) is 4.90 Å². The Balaban J connectivity index is 2.09. The Morgan fingerprint density at radius 3 is 2.57 bits per heavy atom. The third-order valence-electron chi connectivity index (χ3n) is 4.24. The Bertz CT molecular complexity index is 598. The maximum atomic E-state index is 12.5. The molecule has 3 unspecified atom stereocenters. The number of hydrogen-bond acceptors (Lipinski definition) is 4. The lowest BCUT2D eigenvalue weighted by molar-refractivity contribution is -0.384. The maximum absolute atomic E-state index is 12.5. The van der Waals surface area contributed by atoms with Crippen molar-refractivity contribution in [3.63, 3.8) is 0 Å². The summed E-state index contributed by atoms with van der Waals surface area (Å²) < 4.78 is 0. The number of benzene rings is 1. The lowest BCUT2D eigenvalue weighted by Gasteiger charge is -2.38. The minimum atomic E-state index is -0.511. The van der Waals surface area contributed by atoms with Crippen LogP contribution < -0.4 is 5.32 Å². The molecule has 1 amide bonds. The van der Waals surface area contributed by atoms with Gasteiger partial charge in [-0.3, -0.25) is 19.8 Å². The van der Waals surface area contributed by atoms with Crippen LogP contribution in [0.3, 0.4) is 0 Å². The molecule has 1 aromatic rings. The molecule has 0 aromatic heterocycles. The highest BCUT2D eigenvalue weighted by molar-refractivity contribution is 6.33. The van der Waals surface area contributed by atoms with Crippen molar-refractivity contribution in [3.8, 4) is 0 Å². The fraction of sp³-hybridized carbons (Fsp3) is 0.562. The highest BCUT2D eigenvalue weighted by Crippen LogP contribution is 2.28. The van der Waals surface area contributed by atoms with Crippen molar-refractivity contribution in [2.24, 2.45) is 11.8 Å². The van der Waals surface area contributed by atoms with Crippen LogP contribution in [0.1, 0.15) is 27.2 Å². The van der Waals surface area contributed by atoms with Gasteiger partial charge in [-0.25, -0.2) is 0 Å². The summed E-state index contributed by atoms with van der Waals surface area (Å²) in [6, 6.07) is 3.71. The minimum Gasteiger partial charge on any atom is -0.323 e. The Kier molecular flexibility index (Phi) is 5.59. The van der Waals surface area contributed by atoms with Gasteiger partial charge in [-0.15, -0.1) is 0 Å². The van der Waals surface area contributed by atoms with Crippen molar-refractivity contribution < 1.29 is 9.72 Å². The molecule has 0 radical (unpaired) electrons. The third-order valence-corrected chi connectivity index (χ3v) is 4.57. The van der Waals surface area contributed by atoms with Gasteiger partial charge in [0.05, 0.1) is 21.7 Å². The zero-order chi connectivity index (χ0) is 17.1. The first-order valence-electron chi connectivity index (χ1n) is 7.76. The summed E-state index contributed by atoms with van der Waals surface area (Å²) in [6.45, 7) is 7.98. The van der Waals surface area contributed by atoms with Crippen molar-refractivity contribution >= 4 is 28.9 Å². The molecule has 1 aromatic carbocycles. The SMILES string of the molecule is CC1CC(C)CN(C(C)C(=O)Nc2cc([N+](=O)[O-])ccc2Cl)C1. The molecule has 0 aliphatic carbocycles. The highest BCUT2D eigenvalue weighted by atomic mass is 35.5. The second-order valence-corrected chi connectivity index (χ2v) is 6.89. The Morgan fingerprint density at radius 1 is 1.39 bits per heavy atom. The van der Waals surface area contributed by atoms with Gasteiger partial charge in [-0.2, -0.15) is 0 Å². The molecule has 1 fully saturated rings. The summed E-state index contributed by atoms with van der Waals surface area (Å²) in [6.07, 6.45) is 1.17. The number of piperidine rings is 1. The smallest absolute Gasteiger partial charge is 0.271 e. The zero-order valence-corrected chi connectivity index (χ0v) is 14.3. The number of nitrogens with one attached hydrogen (secondary N) is 1. The molecule has 2 rings (SSSR count). The van der Waals surface area contributed by atoms with Crippen LogP contribution in [0, 0.1) is 22.0 Å². The Hall–Kier alpha value is -1.66. The first-order valence-corrected chi connectivity index (χ1v) is 8.14. The van der Waals surface area contributed by atoms with Crippen LogP contribution in [0.4, 0.5) is 11.4 Å². The van der Waals surface area contributed by atoms with E-state index in [1.54, 1.807) is 0 Å². The van der Waals surface area contributed by atoms with Crippen LogP contribution in [-0.2, 0) is 4.79 Å². The van der Waals surface area contributed by atoms with Crippen LogP contribution in [-0.4, -0.2) is 34.9 Å². The average Bonchev–Trinajstić information content (AvgIpc) is 2.47. The fourth-order valence-electron chi connectivity index (χ4n) is 3.15. The number of hydrogen-bond donors (Lipinski definition) is 1. The van der Waals surface area contributed by atoms with Gasteiger partial charge in [0.1, 0.15) is 0 Å². The molecule has 1 aliphatic heterocycles. The lowest BCUT2D eigenvalue weighted by Crippen LogP contribution is -2.48.